The van der Waals surface area contributed by atoms with E-state index in [0.29, 0.717) is 19.4 Å². The smallest absolute Gasteiger partial charge is 0.463 e. The summed E-state index contributed by atoms with van der Waals surface area (Å²) in [5, 5.41) is 0. The molecule has 0 heterocycles. The summed E-state index contributed by atoms with van der Waals surface area (Å²) in [7, 11) is 4.08. The van der Waals surface area contributed by atoms with Gasteiger partial charge in [-0.1, -0.05) is 6.58 Å². The van der Waals surface area contributed by atoms with Crippen LogP contribution in [0.25, 0.3) is 0 Å². The molecule has 0 aromatic heterocycles. The van der Waals surface area contributed by atoms with Crippen LogP contribution in [-0.4, -0.2) is 75.1 Å². The van der Waals surface area contributed by atoms with Gasteiger partial charge in [-0.15, -0.1) is 0 Å². The van der Waals surface area contributed by atoms with Crippen LogP contribution in [0, 0.1) is 0 Å². The van der Waals surface area contributed by atoms with Gasteiger partial charge in [0.25, 0.3) is 5.41 Å². The van der Waals surface area contributed by atoms with Crippen LogP contribution in [-0.2, 0) is 37.0 Å². The summed E-state index contributed by atoms with van der Waals surface area (Å²) in [5.74, 6) is -0.444. The Labute approximate surface area is 145 Å². The zero-order valence-corrected chi connectivity index (χ0v) is 16.5. The minimum absolute atomic E-state index is 0.289. The Morgan fingerprint density at radius 3 is 2.04 bits per heavy atom. The number of carbonyl (C=O) groups excluding carboxylic acids is 1. The fourth-order valence-corrected chi connectivity index (χ4v) is 5.00. The lowest BCUT2D eigenvalue weighted by Gasteiger charge is -2.44. The molecule has 142 valence electrons. The highest BCUT2D eigenvalue weighted by Crippen LogP contribution is 2.32. The second-order valence-corrected chi connectivity index (χ2v) is 7.76. The number of rotatable bonds is 14. The lowest BCUT2D eigenvalue weighted by Crippen LogP contribution is -2.71. The molecular formula is C15H30O8Si. The first-order valence-corrected chi connectivity index (χ1v) is 9.32. The Balaban J connectivity index is 4.85. The van der Waals surface area contributed by atoms with E-state index in [1.807, 2.05) is 0 Å². The molecule has 1 unspecified atom stereocenters. The summed E-state index contributed by atoms with van der Waals surface area (Å²) in [6, 6.07) is 0. The van der Waals surface area contributed by atoms with Crippen molar-refractivity contribution in [2.45, 2.75) is 31.3 Å². The quantitative estimate of drug-likeness (QED) is 0.150. The van der Waals surface area contributed by atoms with Crippen molar-refractivity contribution in [3.63, 3.8) is 0 Å². The molecule has 0 amide bonds. The van der Waals surface area contributed by atoms with Gasteiger partial charge in [0.2, 0.25) is 0 Å². The topological polar surface area (TPSA) is 81.7 Å². The first-order valence-electron chi connectivity index (χ1n) is 7.60. The maximum Gasteiger partial charge on any atom is 0.566 e. The predicted molar refractivity (Wildman–Crippen MR) is 89.3 cm³/mol. The first kappa shape index (κ1) is 23.2. The van der Waals surface area contributed by atoms with Gasteiger partial charge < -0.3 is 32.2 Å². The molecular weight excluding hydrogens is 336 g/mol. The Hall–Kier alpha value is -0.813. The van der Waals surface area contributed by atoms with Crippen molar-refractivity contribution in [3.8, 4) is 0 Å². The van der Waals surface area contributed by atoms with Gasteiger partial charge >= 0.3 is 14.8 Å². The van der Waals surface area contributed by atoms with Gasteiger partial charge in [-0.05, 0) is 19.8 Å². The molecule has 1 atom stereocenters. The van der Waals surface area contributed by atoms with Crippen LogP contribution in [0.2, 0.25) is 0 Å². The van der Waals surface area contributed by atoms with Crippen molar-refractivity contribution in [2.24, 2.45) is 0 Å². The number of methoxy groups -OCH3 is 3. The molecule has 0 saturated carbocycles. The molecule has 0 aliphatic carbocycles. The van der Waals surface area contributed by atoms with E-state index in [4.69, 9.17) is 32.2 Å². The lowest BCUT2D eigenvalue weighted by atomic mass is 10.3. The zero-order chi connectivity index (χ0) is 18.6. The van der Waals surface area contributed by atoms with Crippen molar-refractivity contribution in [2.75, 3.05) is 48.8 Å². The number of ether oxygens (including phenoxy) is 4. The Bertz CT molecular complexity index is 368. The van der Waals surface area contributed by atoms with Gasteiger partial charge in [-0.3, -0.25) is 0 Å². The van der Waals surface area contributed by atoms with Crippen molar-refractivity contribution in [3.05, 3.63) is 12.7 Å². The molecule has 0 aliphatic rings. The molecule has 0 N–H and O–H groups in total. The number of carbonyl (C=O) groups is 1. The molecule has 0 rings (SSSR count). The minimum Gasteiger partial charge on any atom is -0.463 e. The Morgan fingerprint density at radius 1 is 1.08 bits per heavy atom. The van der Waals surface area contributed by atoms with Gasteiger partial charge in [0.05, 0.1) is 6.61 Å². The van der Waals surface area contributed by atoms with E-state index in [0.717, 1.165) is 6.08 Å². The average molecular weight is 366 g/mol. The van der Waals surface area contributed by atoms with E-state index >= 15 is 0 Å². The first-order chi connectivity index (χ1) is 11.4. The van der Waals surface area contributed by atoms with Gasteiger partial charge in [0, 0.05) is 48.2 Å². The SMILES string of the molecule is C=CC(=O)OCCCCO[Si](OC)(OC)C(OC)(OC)C(C)OC. The van der Waals surface area contributed by atoms with Crippen molar-refractivity contribution in [1.29, 1.82) is 0 Å². The number of hydrogen-bond acceptors (Lipinski definition) is 8. The summed E-state index contributed by atoms with van der Waals surface area (Å²) in [4.78, 5) is 11.0. The molecule has 0 radical (unpaired) electrons. The van der Waals surface area contributed by atoms with Crippen molar-refractivity contribution < 1.29 is 37.0 Å². The number of unbranched alkanes of at least 4 members (excludes halogenated alkanes) is 1. The minimum atomic E-state index is -3.39. The monoisotopic (exact) mass is 366 g/mol. The van der Waals surface area contributed by atoms with E-state index in [-0.39, 0.29) is 6.61 Å². The van der Waals surface area contributed by atoms with E-state index in [1.165, 1.54) is 35.5 Å². The van der Waals surface area contributed by atoms with Crippen LogP contribution in [0.5, 0.6) is 0 Å². The van der Waals surface area contributed by atoms with Crippen molar-refractivity contribution in [1.82, 2.24) is 0 Å². The molecule has 0 aromatic rings. The summed E-state index contributed by atoms with van der Waals surface area (Å²) < 4.78 is 38.5. The molecule has 0 aliphatic heterocycles. The van der Waals surface area contributed by atoms with Crippen LogP contribution < -0.4 is 0 Å². The third-order valence-corrected chi connectivity index (χ3v) is 7.03. The molecule has 0 spiro atoms. The van der Waals surface area contributed by atoms with Gasteiger partial charge in [-0.2, -0.15) is 0 Å². The fourth-order valence-electron chi connectivity index (χ4n) is 2.30. The fraction of sp³-hybridized carbons (Fsp3) is 0.800. The standard InChI is InChI=1S/C15H30O8Si/c1-8-14(16)22-11-9-10-12-23-24(20-6,21-7)15(18-4,19-5)13(2)17-3/h8,13H,1,9-12H2,2-7H3. The molecule has 8 nitrogen and oxygen atoms in total. The van der Waals surface area contributed by atoms with E-state index in [2.05, 4.69) is 6.58 Å². The van der Waals surface area contributed by atoms with E-state index in [9.17, 15) is 4.79 Å². The summed E-state index contributed by atoms with van der Waals surface area (Å²) in [6.07, 6.45) is 1.90. The normalized spacial score (nSPS) is 13.6. The third kappa shape index (κ3) is 5.35. The maximum atomic E-state index is 11.0. The predicted octanol–water partition coefficient (Wildman–Crippen LogP) is 1.31. The van der Waals surface area contributed by atoms with Crippen LogP contribution in [0.15, 0.2) is 12.7 Å². The van der Waals surface area contributed by atoms with Gasteiger partial charge in [0.15, 0.2) is 0 Å². The number of hydrogen-bond donors (Lipinski definition) is 0. The molecule has 24 heavy (non-hydrogen) atoms. The highest BCUT2D eigenvalue weighted by atomic mass is 28.4. The number of esters is 1. The maximum absolute atomic E-state index is 11.0. The Morgan fingerprint density at radius 2 is 1.62 bits per heavy atom. The summed E-state index contributed by atoms with van der Waals surface area (Å²) >= 11 is 0. The average Bonchev–Trinajstić information content (AvgIpc) is 2.63. The van der Waals surface area contributed by atoms with Gasteiger partial charge in [0.1, 0.15) is 6.10 Å². The van der Waals surface area contributed by atoms with Crippen LogP contribution in [0.4, 0.5) is 0 Å². The molecule has 0 saturated heterocycles. The largest absolute Gasteiger partial charge is 0.566 e. The van der Waals surface area contributed by atoms with E-state index in [1.54, 1.807) is 6.92 Å². The van der Waals surface area contributed by atoms with Crippen LogP contribution >= 0.6 is 0 Å². The molecule has 0 bridgehead atoms. The highest BCUT2D eigenvalue weighted by Gasteiger charge is 2.66. The van der Waals surface area contributed by atoms with Crippen molar-refractivity contribution >= 4 is 14.8 Å². The highest BCUT2D eigenvalue weighted by molar-refractivity contribution is 6.63. The second-order valence-electron chi connectivity index (χ2n) is 4.85. The van der Waals surface area contributed by atoms with Gasteiger partial charge in [-0.25, -0.2) is 4.79 Å². The Kier molecular flexibility index (Phi) is 11.3. The van der Waals surface area contributed by atoms with Crippen LogP contribution in [0.3, 0.4) is 0 Å². The molecule has 9 heteroatoms. The zero-order valence-electron chi connectivity index (χ0n) is 15.5. The molecule has 0 fully saturated rings. The second kappa shape index (κ2) is 11.7. The summed E-state index contributed by atoms with van der Waals surface area (Å²) in [5.41, 5.74) is -1.31. The molecule has 0 aromatic carbocycles. The van der Waals surface area contributed by atoms with Crippen LogP contribution in [0.1, 0.15) is 19.8 Å². The lowest BCUT2D eigenvalue weighted by molar-refractivity contribution is -0.243. The summed E-state index contributed by atoms with van der Waals surface area (Å²) in [6.45, 7) is 5.73. The van der Waals surface area contributed by atoms with E-state index < -0.39 is 26.3 Å². The third-order valence-electron chi connectivity index (χ3n) is 3.70.